The molecule has 1 amide bonds. The standard InChI is InChI=1S/C13H18N2O4/c1-17-10-5-4-9(11(18-2)12(10)19-3)13(16)15-6-8(14)7-15/h4-5,8H,6-7,14H2,1-3H3. The number of benzene rings is 1. The van der Waals surface area contributed by atoms with Crippen molar-refractivity contribution in [3.05, 3.63) is 17.7 Å². The van der Waals surface area contributed by atoms with Crippen molar-refractivity contribution in [2.24, 2.45) is 5.73 Å². The summed E-state index contributed by atoms with van der Waals surface area (Å²) < 4.78 is 15.7. The molecule has 19 heavy (non-hydrogen) atoms. The maximum Gasteiger partial charge on any atom is 0.257 e. The molecule has 1 aliphatic rings. The lowest BCUT2D eigenvalue weighted by molar-refractivity contribution is 0.0604. The quantitative estimate of drug-likeness (QED) is 0.858. The normalized spacial score (nSPS) is 14.8. The van der Waals surface area contributed by atoms with Crippen LogP contribution in [0.3, 0.4) is 0 Å². The molecule has 104 valence electrons. The molecule has 2 N–H and O–H groups in total. The third-order valence-electron chi connectivity index (χ3n) is 3.13. The second-order valence-corrected chi connectivity index (χ2v) is 4.35. The van der Waals surface area contributed by atoms with E-state index in [4.69, 9.17) is 19.9 Å². The van der Waals surface area contributed by atoms with Crippen molar-refractivity contribution in [1.82, 2.24) is 4.90 Å². The Hall–Kier alpha value is -1.95. The molecule has 0 radical (unpaired) electrons. The summed E-state index contributed by atoms with van der Waals surface area (Å²) in [5.74, 6) is 1.21. The van der Waals surface area contributed by atoms with Gasteiger partial charge in [-0.05, 0) is 12.1 Å². The van der Waals surface area contributed by atoms with Crippen LogP contribution in [-0.2, 0) is 0 Å². The highest BCUT2D eigenvalue weighted by Gasteiger charge is 2.31. The van der Waals surface area contributed by atoms with Crippen LogP contribution >= 0.6 is 0 Å². The average molecular weight is 266 g/mol. The first-order valence-electron chi connectivity index (χ1n) is 5.96. The first-order chi connectivity index (χ1) is 9.12. The highest BCUT2D eigenvalue weighted by molar-refractivity contribution is 5.98. The van der Waals surface area contributed by atoms with Gasteiger partial charge in [-0.1, -0.05) is 0 Å². The lowest BCUT2D eigenvalue weighted by atomic mass is 10.1. The van der Waals surface area contributed by atoms with Crippen molar-refractivity contribution in [1.29, 1.82) is 0 Å². The van der Waals surface area contributed by atoms with Gasteiger partial charge in [-0.15, -0.1) is 0 Å². The highest BCUT2D eigenvalue weighted by atomic mass is 16.5. The first kappa shape index (κ1) is 13.5. The van der Waals surface area contributed by atoms with E-state index in [1.807, 2.05) is 0 Å². The molecule has 1 aromatic rings. The van der Waals surface area contributed by atoms with Crippen LogP contribution in [0.5, 0.6) is 17.2 Å². The fourth-order valence-corrected chi connectivity index (χ4v) is 2.12. The lowest BCUT2D eigenvalue weighted by Gasteiger charge is -2.37. The smallest absolute Gasteiger partial charge is 0.257 e. The Bertz CT molecular complexity index is 484. The molecule has 6 nitrogen and oxygen atoms in total. The van der Waals surface area contributed by atoms with Crippen molar-refractivity contribution in [2.45, 2.75) is 6.04 Å². The van der Waals surface area contributed by atoms with E-state index in [0.29, 0.717) is 35.9 Å². The number of amides is 1. The minimum absolute atomic E-state index is 0.0649. The summed E-state index contributed by atoms with van der Waals surface area (Å²) in [5.41, 5.74) is 6.14. The van der Waals surface area contributed by atoms with Gasteiger partial charge in [0.15, 0.2) is 11.5 Å². The molecule has 1 saturated heterocycles. The molecule has 1 aliphatic heterocycles. The SMILES string of the molecule is COc1ccc(C(=O)N2CC(N)C2)c(OC)c1OC. The second kappa shape index (κ2) is 5.36. The summed E-state index contributed by atoms with van der Waals surface area (Å²) in [7, 11) is 4.54. The zero-order valence-electron chi connectivity index (χ0n) is 11.3. The van der Waals surface area contributed by atoms with Gasteiger partial charge in [-0.25, -0.2) is 0 Å². The number of ether oxygens (including phenoxy) is 3. The molecular formula is C13H18N2O4. The van der Waals surface area contributed by atoms with Crippen molar-refractivity contribution >= 4 is 5.91 Å². The molecule has 0 aliphatic carbocycles. The molecule has 0 atom stereocenters. The van der Waals surface area contributed by atoms with Gasteiger partial charge in [0.05, 0.1) is 26.9 Å². The van der Waals surface area contributed by atoms with Gasteiger partial charge in [0.25, 0.3) is 5.91 Å². The topological polar surface area (TPSA) is 74.0 Å². The molecule has 0 bridgehead atoms. The van der Waals surface area contributed by atoms with E-state index in [1.165, 1.54) is 21.3 Å². The van der Waals surface area contributed by atoms with Crippen LogP contribution < -0.4 is 19.9 Å². The number of nitrogens with zero attached hydrogens (tertiary/aromatic N) is 1. The number of methoxy groups -OCH3 is 3. The fraction of sp³-hybridized carbons (Fsp3) is 0.462. The maximum atomic E-state index is 12.3. The number of hydrogen-bond donors (Lipinski definition) is 1. The van der Waals surface area contributed by atoms with Crippen LogP contribution in [0.1, 0.15) is 10.4 Å². The number of likely N-dealkylation sites (tertiary alicyclic amines) is 1. The Kier molecular flexibility index (Phi) is 3.80. The fourth-order valence-electron chi connectivity index (χ4n) is 2.12. The van der Waals surface area contributed by atoms with Gasteiger partial charge >= 0.3 is 0 Å². The maximum absolute atomic E-state index is 12.3. The number of hydrogen-bond acceptors (Lipinski definition) is 5. The molecule has 0 saturated carbocycles. The number of nitrogens with two attached hydrogens (primary N) is 1. The molecule has 6 heteroatoms. The molecule has 0 unspecified atom stereocenters. The van der Waals surface area contributed by atoms with Gasteiger partial charge in [0, 0.05) is 19.1 Å². The third kappa shape index (κ3) is 2.31. The predicted octanol–water partition coefficient (Wildman–Crippen LogP) is 0.496. The Morgan fingerprint density at radius 3 is 2.26 bits per heavy atom. The number of carbonyl (C=O) groups excluding carboxylic acids is 1. The summed E-state index contributed by atoms with van der Waals surface area (Å²) in [6.45, 7) is 1.13. The second-order valence-electron chi connectivity index (χ2n) is 4.35. The lowest BCUT2D eigenvalue weighted by Crippen LogP contribution is -2.57. The molecule has 1 heterocycles. The van der Waals surface area contributed by atoms with Crippen molar-refractivity contribution in [2.75, 3.05) is 34.4 Å². The summed E-state index contributed by atoms with van der Waals surface area (Å²) in [4.78, 5) is 14.0. The Balaban J connectivity index is 2.37. The van der Waals surface area contributed by atoms with Gasteiger partial charge in [-0.2, -0.15) is 0 Å². The van der Waals surface area contributed by atoms with E-state index in [1.54, 1.807) is 17.0 Å². The number of carbonyl (C=O) groups is 1. The van der Waals surface area contributed by atoms with E-state index >= 15 is 0 Å². The highest BCUT2D eigenvalue weighted by Crippen LogP contribution is 2.40. The van der Waals surface area contributed by atoms with E-state index in [9.17, 15) is 4.79 Å². The Labute approximate surface area is 112 Å². The van der Waals surface area contributed by atoms with Crippen LogP contribution in [0.2, 0.25) is 0 Å². The molecule has 0 spiro atoms. The Morgan fingerprint density at radius 1 is 1.16 bits per heavy atom. The molecule has 1 fully saturated rings. The van der Waals surface area contributed by atoms with E-state index in [-0.39, 0.29) is 11.9 Å². The Morgan fingerprint density at radius 2 is 1.79 bits per heavy atom. The van der Waals surface area contributed by atoms with Crippen LogP contribution in [0.15, 0.2) is 12.1 Å². The van der Waals surface area contributed by atoms with Gasteiger partial charge in [-0.3, -0.25) is 4.79 Å². The zero-order chi connectivity index (χ0) is 14.0. The van der Waals surface area contributed by atoms with Crippen LogP contribution in [0.25, 0.3) is 0 Å². The molecular weight excluding hydrogens is 248 g/mol. The minimum Gasteiger partial charge on any atom is -0.493 e. The van der Waals surface area contributed by atoms with Crippen LogP contribution in [-0.4, -0.2) is 51.3 Å². The van der Waals surface area contributed by atoms with Crippen molar-refractivity contribution in [3.8, 4) is 17.2 Å². The zero-order valence-corrected chi connectivity index (χ0v) is 11.3. The van der Waals surface area contributed by atoms with Crippen LogP contribution in [0, 0.1) is 0 Å². The summed E-state index contributed by atoms with van der Waals surface area (Å²) in [5, 5.41) is 0. The monoisotopic (exact) mass is 266 g/mol. The molecule has 0 aromatic heterocycles. The van der Waals surface area contributed by atoms with E-state index in [0.717, 1.165) is 0 Å². The first-order valence-corrected chi connectivity index (χ1v) is 5.96. The van der Waals surface area contributed by atoms with E-state index in [2.05, 4.69) is 0 Å². The summed E-state index contributed by atoms with van der Waals surface area (Å²) in [6.07, 6.45) is 0. The van der Waals surface area contributed by atoms with Gasteiger partial charge in [0.1, 0.15) is 0 Å². The predicted molar refractivity (Wildman–Crippen MR) is 70.0 cm³/mol. The van der Waals surface area contributed by atoms with Crippen molar-refractivity contribution in [3.63, 3.8) is 0 Å². The van der Waals surface area contributed by atoms with Gasteiger partial charge < -0.3 is 24.8 Å². The van der Waals surface area contributed by atoms with E-state index < -0.39 is 0 Å². The molecule has 1 aromatic carbocycles. The summed E-state index contributed by atoms with van der Waals surface area (Å²) >= 11 is 0. The van der Waals surface area contributed by atoms with Crippen molar-refractivity contribution < 1.29 is 19.0 Å². The average Bonchev–Trinajstić information content (AvgIpc) is 2.41. The summed E-state index contributed by atoms with van der Waals surface area (Å²) in [6, 6.07) is 3.43. The molecule has 2 rings (SSSR count). The van der Waals surface area contributed by atoms with Crippen LogP contribution in [0.4, 0.5) is 0 Å². The number of rotatable bonds is 4. The largest absolute Gasteiger partial charge is 0.493 e. The third-order valence-corrected chi connectivity index (χ3v) is 3.13. The van der Waals surface area contributed by atoms with Gasteiger partial charge in [0.2, 0.25) is 5.75 Å². The minimum atomic E-state index is -0.112.